The molecule has 0 bridgehead atoms. The summed E-state index contributed by atoms with van der Waals surface area (Å²) in [6.45, 7) is 1.87. The molecule has 6 heteroatoms. The zero-order valence-corrected chi connectivity index (χ0v) is 15.6. The summed E-state index contributed by atoms with van der Waals surface area (Å²) >= 11 is 1.60. The minimum absolute atomic E-state index is 0.0249. The molecule has 0 spiro atoms. The van der Waals surface area contributed by atoms with Crippen LogP contribution in [0.4, 0.5) is 0 Å². The number of aromatic nitrogens is 2. The molecule has 1 aliphatic rings. The highest BCUT2D eigenvalue weighted by molar-refractivity contribution is 7.16. The fourth-order valence-electron chi connectivity index (χ4n) is 3.63. The van der Waals surface area contributed by atoms with Gasteiger partial charge < -0.3 is 10.2 Å². The molecule has 26 heavy (non-hydrogen) atoms. The smallest absolute Gasteiger partial charge is 0.251 e. The number of carbonyl (C=O) groups is 1. The lowest BCUT2D eigenvalue weighted by molar-refractivity contribution is 0.0950. The van der Waals surface area contributed by atoms with Crippen molar-refractivity contribution in [2.45, 2.75) is 25.3 Å². The summed E-state index contributed by atoms with van der Waals surface area (Å²) in [4.78, 5) is 24.6. The van der Waals surface area contributed by atoms with Crippen molar-refractivity contribution in [3.8, 4) is 11.3 Å². The number of nitrogens with one attached hydrogen (secondary N) is 1. The van der Waals surface area contributed by atoms with Crippen molar-refractivity contribution in [2.75, 3.05) is 20.1 Å². The van der Waals surface area contributed by atoms with E-state index in [4.69, 9.17) is 0 Å². The topological polar surface area (TPSA) is 58.1 Å². The van der Waals surface area contributed by atoms with Crippen LogP contribution < -0.4 is 5.32 Å². The Morgan fingerprint density at radius 1 is 1.35 bits per heavy atom. The Hall–Kier alpha value is -2.31. The Kier molecular flexibility index (Phi) is 4.95. The molecule has 1 aromatic carbocycles. The molecular weight excluding hydrogens is 344 g/mol. The predicted octanol–water partition coefficient (Wildman–Crippen LogP) is 3.57. The average Bonchev–Trinajstić information content (AvgIpc) is 3.30. The van der Waals surface area contributed by atoms with Crippen molar-refractivity contribution in [2.24, 2.45) is 0 Å². The van der Waals surface area contributed by atoms with Crippen LogP contribution in [0.2, 0.25) is 0 Å². The van der Waals surface area contributed by atoms with Crippen LogP contribution in [0.3, 0.4) is 0 Å². The van der Waals surface area contributed by atoms with Crippen molar-refractivity contribution in [1.29, 1.82) is 0 Å². The van der Waals surface area contributed by atoms with Gasteiger partial charge in [0.15, 0.2) is 0 Å². The van der Waals surface area contributed by atoms with Gasteiger partial charge in [-0.1, -0.05) is 12.1 Å². The van der Waals surface area contributed by atoms with Gasteiger partial charge in [0.05, 0.1) is 5.69 Å². The zero-order valence-electron chi connectivity index (χ0n) is 14.8. The van der Waals surface area contributed by atoms with Gasteiger partial charge in [-0.15, -0.1) is 11.3 Å². The van der Waals surface area contributed by atoms with Crippen molar-refractivity contribution < 1.29 is 4.79 Å². The average molecular weight is 366 g/mol. The quantitative estimate of drug-likeness (QED) is 0.750. The fraction of sp³-hybridized carbons (Fsp3) is 0.350. The third-order valence-electron chi connectivity index (χ3n) is 5.09. The van der Waals surface area contributed by atoms with Crippen LogP contribution >= 0.6 is 11.3 Å². The molecule has 0 saturated carbocycles. The number of rotatable bonds is 5. The van der Waals surface area contributed by atoms with Gasteiger partial charge in [-0.25, -0.2) is 9.97 Å². The van der Waals surface area contributed by atoms with Crippen LogP contribution in [0.5, 0.6) is 0 Å². The van der Waals surface area contributed by atoms with Crippen LogP contribution in [0, 0.1) is 0 Å². The van der Waals surface area contributed by atoms with Gasteiger partial charge in [-0.2, -0.15) is 0 Å². The highest BCUT2D eigenvalue weighted by Crippen LogP contribution is 2.28. The number of carbonyl (C=O) groups excluding carboxylic acids is 1. The molecule has 1 amide bonds. The lowest BCUT2D eigenvalue weighted by atomic mass is 10.1. The number of amides is 1. The molecule has 3 aromatic rings. The summed E-state index contributed by atoms with van der Waals surface area (Å²) in [6.07, 6.45) is 5.07. The molecule has 3 heterocycles. The number of hydrogen-bond donors (Lipinski definition) is 1. The van der Waals surface area contributed by atoms with Crippen LogP contribution in [0.1, 0.15) is 29.6 Å². The molecule has 1 aliphatic heterocycles. The molecule has 5 nitrogen and oxygen atoms in total. The van der Waals surface area contributed by atoms with E-state index in [0.717, 1.165) is 34.4 Å². The summed E-state index contributed by atoms with van der Waals surface area (Å²) in [5, 5.41) is 6.10. The largest absolute Gasteiger partial charge is 0.352 e. The molecule has 134 valence electrons. The molecule has 0 aliphatic carbocycles. The second-order valence-electron chi connectivity index (χ2n) is 6.76. The van der Waals surface area contributed by atoms with Crippen LogP contribution in [0.25, 0.3) is 21.5 Å². The molecule has 1 N–H and O–H groups in total. The number of thiophene rings is 1. The molecule has 1 atom stereocenters. The van der Waals surface area contributed by atoms with Crippen LogP contribution in [-0.2, 0) is 0 Å². The summed E-state index contributed by atoms with van der Waals surface area (Å²) in [5.41, 5.74) is 2.49. The van der Waals surface area contributed by atoms with E-state index in [9.17, 15) is 4.79 Å². The van der Waals surface area contributed by atoms with Crippen LogP contribution in [-0.4, -0.2) is 47.0 Å². The second kappa shape index (κ2) is 7.51. The van der Waals surface area contributed by atoms with Gasteiger partial charge in [0, 0.05) is 29.1 Å². The van der Waals surface area contributed by atoms with Gasteiger partial charge >= 0.3 is 0 Å². The van der Waals surface area contributed by atoms with E-state index >= 15 is 0 Å². The SMILES string of the molecule is CN1CCCC1CCNC(=O)c1cccc(-c2ncnc3sccc23)c1. The monoisotopic (exact) mass is 366 g/mol. The summed E-state index contributed by atoms with van der Waals surface area (Å²) in [5.74, 6) is -0.0249. The first-order chi connectivity index (χ1) is 12.7. The molecule has 2 aromatic heterocycles. The Morgan fingerprint density at radius 2 is 2.27 bits per heavy atom. The Labute approximate surface area is 157 Å². The maximum atomic E-state index is 12.5. The number of hydrogen-bond acceptors (Lipinski definition) is 5. The summed E-state index contributed by atoms with van der Waals surface area (Å²) in [7, 11) is 2.16. The normalized spacial score (nSPS) is 17.7. The van der Waals surface area contributed by atoms with E-state index in [-0.39, 0.29) is 5.91 Å². The van der Waals surface area contributed by atoms with Crippen molar-refractivity contribution in [1.82, 2.24) is 20.2 Å². The van der Waals surface area contributed by atoms with E-state index in [1.165, 1.54) is 12.8 Å². The first kappa shape index (κ1) is 17.1. The van der Waals surface area contributed by atoms with Gasteiger partial charge in [-0.3, -0.25) is 4.79 Å². The Bertz CT molecular complexity index is 923. The molecule has 1 saturated heterocycles. The maximum Gasteiger partial charge on any atom is 0.251 e. The van der Waals surface area contributed by atoms with E-state index < -0.39 is 0 Å². The van der Waals surface area contributed by atoms with Crippen molar-refractivity contribution >= 4 is 27.5 Å². The van der Waals surface area contributed by atoms with E-state index in [1.54, 1.807) is 17.7 Å². The molecular formula is C20H22N4OS. The first-order valence-electron chi connectivity index (χ1n) is 8.99. The van der Waals surface area contributed by atoms with Gasteiger partial charge in [-0.05, 0) is 56.4 Å². The fourth-order valence-corrected chi connectivity index (χ4v) is 4.36. The highest BCUT2D eigenvalue weighted by Gasteiger charge is 2.20. The van der Waals surface area contributed by atoms with Crippen molar-refractivity contribution in [3.63, 3.8) is 0 Å². The molecule has 1 unspecified atom stereocenters. The molecule has 1 fully saturated rings. The molecule has 0 radical (unpaired) electrons. The first-order valence-corrected chi connectivity index (χ1v) is 9.87. The Balaban J connectivity index is 1.47. The summed E-state index contributed by atoms with van der Waals surface area (Å²) in [6, 6.07) is 10.3. The van der Waals surface area contributed by atoms with Crippen molar-refractivity contribution in [3.05, 3.63) is 47.6 Å². The third kappa shape index (κ3) is 3.48. The molecule has 4 rings (SSSR count). The summed E-state index contributed by atoms with van der Waals surface area (Å²) < 4.78 is 0. The van der Waals surface area contributed by atoms with E-state index in [0.29, 0.717) is 18.2 Å². The standard InChI is InChI=1S/C20H22N4OS/c1-24-10-3-6-16(24)7-9-21-19(25)15-5-2-4-14(12-15)18-17-8-11-26-20(17)23-13-22-18/h2,4-5,8,11-13,16H,3,6-7,9-10H2,1H3,(H,21,25). The minimum atomic E-state index is -0.0249. The minimum Gasteiger partial charge on any atom is -0.352 e. The lowest BCUT2D eigenvalue weighted by Gasteiger charge is -2.19. The maximum absolute atomic E-state index is 12.5. The number of benzene rings is 1. The van der Waals surface area contributed by atoms with Gasteiger partial charge in [0.2, 0.25) is 0 Å². The predicted molar refractivity (Wildman–Crippen MR) is 105 cm³/mol. The third-order valence-corrected chi connectivity index (χ3v) is 5.92. The van der Waals surface area contributed by atoms with E-state index in [2.05, 4.69) is 27.2 Å². The number of likely N-dealkylation sites (tertiary alicyclic amines) is 1. The number of nitrogens with zero attached hydrogens (tertiary/aromatic N) is 3. The number of fused-ring (bicyclic) bond motifs is 1. The van der Waals surface area contributed by atoms with Crippen LogP contribution in [0.15, 0.2) is 42.0 Å². The second-order valence-corrected chi connectivity index (χ2v) is 7.66. The van der Waals surface area contributed by atoms with Gasteiger partial charge in [0.1, 0.15) is 11.2 Å². The van der Waals surface area contributed by atoms with Gasteiger partial charge in [0.25, 0.3) is 5.91 Å². The Morgan fingerprint density at radius 3 is 3.12 bits per heavy atom. The zero-order chi connectivity index (χ0) is 17.9. The highest BCUT2D eigenvalue weighted by atomic mass is 32.1. The lowest BCUT2D eigenvalue weighted by Crippen LogP contribution is -2.31. The van der Waals surface area contributed by atoms with E-state index in [1.807, 2.05) is 35.7 Å².